The third kappa shape index (κ3) is 4.64. The summed E-state index contributed by atoms with van der Waals surface area (Å²) in [5.74, 6) is -1.72. The minimum absolute atomic E-state index is 0.0303. The maximum atomic E-state index is 14.4. The Morgan fingerprint density at radius 2 is 1.63 bits per heavy atom. The van der Waals surface area contributed by atoms with Crippen molar-refractivity contribution in [2.45, 2.75) is 43.9 Å². The number of benzene rings is 3. The van der Waals surface area contributed by atoms with E-state index in [4.69, 9.17) is 0 Å². The summed E-state index contributed by atoms with van der Waals surface area (Å²) in [4.78, 5) is 38.1. The van der Waals surface area contributed by atoms with Gasteiger partial charge >= 0.3 is 0 Å². The van der Waals surface area contributed by atoms with Gasteiger partial charge in [-0.3, -0.25) is 19.7 Å². The average Bonchev–Trinajstić information content (AvgIpc) is 3.71. The number of carbonyl (C=O) groups is 2. The van der Waals surface area contributed by atoms with Gasteiger partial charge in [-0.25, -0.2) is 8.78 Å². The van der Waals surface area contributed by atoms with Crippen molar-refractivity contribution >= 4 is 23.2 Å². The van der Waals surface area contributed by atoms with Crippen molar-refractivity contribution in [1.82, 2.24) is 4.90 Å². The van der Waals surface area contributed by atoms with Gasteiger partial charge in [-0.05, 0) is 68.4 Å². The molecule has 3 aromatic carbocycles. The first-order chi connectivity index (χ1) is 18.2. The molecule has 2 amide bonds. The lowest BCUT2D eigenvalue weighted by atomic mass is 9.89. The molecule has 2 aliphatic rings. The third-order valence-corrected chi connectivity index (χ3v) is 7.79. The van der Waals surface area contributed by atoms with Crippen LogP contribution in [0.25, 0.3) is 0 Å². The Morgan fingerprint density at radius 1 is 0.974 bits per heavy atom. The van der Waals surface area contributed by atoms with Crippen molar-refractivity contribution in [2.75, 3.05) is 18.4 Å². The van der Waals surface area contributed by atoms with Gasteiger partial charge in [0.1, 0.15) is 11.6 Å². The van der Waals surface area contributed by atoms with Gasteiger partial charge in [0.05, 0.1) is 15.9 Å². The predicted molar refractivity (Wildman–Crippen MR) is 138 cm³/mol. The second-order valence-corrected chi connectivity index (χ2v) is 10.0. The number of carbonyl (C=O) groups excluding carboxylic acids is 2. The normalized spacial score (nSPS) is 16.7. The first kappa shape index (κ1) is 25.5. The Labute approximate surface area is 218 Å². The van der Waals surface area contributed by atoms with Crippen LogP contribution >= 0.6 is 0 Å². The van der Waals surface area contributed by atoms with Crippen LogP contribution in [0.5, 0.6) is 0 Å². The highest BCUT2D eigenvalue weighted by molar-refractivity contribution is 6.01. The van der Waals surface area contributed by atoms with Crippen molar-refractivity contribution in [1.29, 1.82) is 0 Å². The Kier molecular flexibility index (Phi) is 6.69. The lowest BCUT2D eigenvalue weighted by molar-refractivity contribution is -0.385. The number of likely N-dealkylation sites (tertiary alicyclic amines) is 1. The summed E-state index contributed by atoms with van der Waals surface area (Å²) in [5, 5.41) is 14.1. The molecule has 0 radical (unpaired) electrons. The number of halogens is 2. The Balaban J connectivity index is 1.21. The van der Waals surface area contributed by atoms with E-state index in [-0.39, 0.29) is 34.5 Å². The van der Waals surface area contributed by atoms with E-state index in [1.54, 1.807) is 18.2 Å². The molecule has 7 nitrogen and oxygen atoms in total. The number of anilines is 1. The molecule has 0 atom stereocenters. The van der Waals surface area contributed by atoms with Gasteiger partial charge in [0.15, 0.2) is 0 Å². The summed E-state index contributed by atoms with van der Waals surface area (Å²) < 4.78 is 28.7. The fourth-order valence-corrected chi connectivity index (χ4v) is 5.38. The van der Waals surface area contributed by atoms with Gasteiger partial charge in [0, 0.05) is 36.0 Å². The van der Waals surface area contributed by atoms with Crippen LogP contribution in [0.3, 0.4) is 0 Å². The number of piperidine rings is 1. The van der Waals surface area contributed by atoms with E-state index in [0.717, 1.165) is 17.7 Å². The van der Waals surface area contributed by atoms with Crippen LogP contribution in [-0.4, -0.2) is 34.7 Å². The van der Waals surface area contributed by atoms with Gasteiger partial charge in [-0.15, -0.1) is 0 Å². The molecule has 0 bridgehead atoms. The zero-order chi connectivity index (χ0) is 27.0. The SMILES string of the molecule is Cc1c([N+](=O)[O-])ccc(F)c1C(=O)N1CCC(c2ccc(NC(=O)C3(c4ccccc4F)CC3)cc2)CC1. The lowest BCUT2D eigenvalue weighted by Gasteiger charge is -2.32. The van der Waals surface area contributed by atoms with Crippen molar-refractivity contribution in [3.05, 3.63) is 105 Å². The highest BCUT2D eigenvalue weighted by atomic mass is 19.1. The molecule has 1 N–H and O–H groups in total. The van der Waals surface area contributed by atoms with Crippen LogP contribution in [0.1, 0.15) is 58.6 Å². The molecule has 38 heavy (non-hydrogen) atoms. The number of nitrogens with zero attached hydrogens (tertiary/aromatic N) is 2. The second kappa shape index (κ2) is 9.96. The number of nitro benzene ring substituents is 1. The molecule has 0 spiro atoms. The molecule has 1 heterocycles. The molecule has 196 valence electrons. The molecule has 1 aliphatic heterocycles. The first-order valence-electron chi connectivity index (χ1n) is 12.6. The number of hydrogen-bond acceptors (Lipinski definition) is 4. The van der Waals surface area contributed by atoms with Gasteiger partial charge in [-0.2, -0.15) is 0 Å². The van der Waals surface area contributed by atoms with Crippen LogP contribution in [0.2, 0.25) is 0 Å². The molecule has 0 aromatic heterocycles. The molecular weight excluding hydrogens is 492 g/mol. The first-order valence-corrected chi connectivity index (χ1v) is 12.6. The van der Waals surface area contributed by atoms with E-state index in [1.807, 2.05) is 24.3 Å². The number of rotatable bonds is 6. The summed E-state index contributed by atoms with van der Waals surface area (Å²) in [6.45, 7) is 2.19. The highest BCUT2D eigenvalue weighted by Crippen LogP contribution is 2.49. The molecule has 3 aromatic rings. The van der Waals surface area contributed by atoms with Crippen molar-refractivity contribution < 1.29 is 23.3 Å². The molecule has 0 unspecified atom stereocenters. The molecule has 1 saturated carbocycles. The van der Waals surface area contributed by atoms with Crippen molar-refractivity contribution in [3.63, 3.8) is 0 Å². The van der Waals surface area contributed by atoms with Gasteiger partial charge in [0.2, 0.25) is 5.91 Å². The summed E-state index contributed by atoms with van der Waals surface area (Å²) in [6.07, 6.45) is 2.52. The summed E-state index contributed by atoms with van der Waals surface area (Å²) in [6, 6.07) is 15.9. The Hall–Kier alpha value is -4.14. The maximum Gasteiger partial charge on any atom is 0.273 e. The zero-order valence-electron chi connectivity index (χ0n) is 20.9. The molecule has 1 aliphatic carbocycles. The number of hydrogen-bond donors (Lipinski definition) is 1. The highest BCUT2D eigenvalue weighted by Gasteiger charge is 2.52. The molecule has 5 rings (SSSR count). The average molecular weight is 520 g/mol. The molecule has 9 heteroatoms. The Bertz CT molecular complexity index is 1410. The maximum absolute atomic E-state index is 14.4. The van der Waals surface area contributed by atoms with Crippen LogP contribution in [0, 0.1) is 28.7 Å². The van der Waals surface area contributed by atoms with Crippen molar-refractivity contribution in [3.8, 4) is 0 Å². The van der Waals surface area contributed by atoms with Gasteiger partial charge in [0.25, 0.3) is 11.6 Å². The number of amides is 2. The summed E-state index contributed by atoms with van der Waals surface area (Å²) >= 11 is 0. The molecule has 2 fully saturated rings. The van der Waals surface area contributed by atoms with Crippen LogP contribution in [0.15, 0.2) is 60.7 Å². The second-order valence-electron chi connectivity index (χ2n) is 10.0. The number of nitro groups is 1. The smallest absolute Gasteiger partial charge is 0.273 e. The summed E-state index contributed by atoms with van der Waals surface area (Å²) in [7, 11) is 0. The van der Waals surface area contributed by atoms with E-state index >= 15 is 0 Å². The van der Waals surface area contributed by atoms with Gasteiger partial charge in [-0.1, -0.05) is 30.3 Å². The fraction of sp³-hybridized carbons (Fsp3) is 0.310. The molecular formula is C29H27F2N3O4. The van der Waals surface area contributed by atoms with Crippen LogP contribution in [-0.2, 0) is 10.2 Å². The quantitative estimate of drug-likeness (QED) is 0.326. The van der Waals surface area contributed by atoms with Gasteiger partial charge < -0.3 is 10.2 Å². The minimum atomic E-state index is -0.819. The van der Waals surface area contributed by atoms with E-state index in [2.05, 4.69) is 5.32 Å². The van der Waals surface area contributed by atoms with E-state index < -0.39 is 22.1 Å². The van der Waals surface area contributed by atoms with E-state index in [9.17, 15) is 28.5 Å². The zero-order valence-corrected chi connectivity index (χ0v) is 20.9. The minimum Gasteiger partial charge on any atom is -0.339 e. The summed E-state index contributed by atoms with van der Waals surface area (Å²) in [5.41, 5.74) is 0.798. The standard InChI is InChI=1S/C29H27F2N3O4/c1-18-25(34(37)38)11-10-24(31)26(18)27(35)33-16-12-20(13-17-33)19-6-8-21(9-7-19)32-28(36)29(14-15-29)22-4-2-3-5-23(22)30/h2-11,20H,12-17H2,1H3,(H,32,36). The van der Waals surface area contributed by atoms with E-state index in [0.29, 0.717) is 50.0 Å². The monoisotopic (exact) mass is 519 g/mol. The largest absolute Gasteiger partial charge is 0.339 e. The Morgan fingerprint density at radius 3 is 2.24 bits per heavy atom. The fourth-order valence-electron chi connectivity index (χ4n) is 5.38. The molecule has 1 saturated heterocycles. The van der Waals surface area contributed by atoms with E-state index in [1.165, 1.54) is 17.9 Å². The van der Waals surface area contributed by atoms with Crippen LogP contribution in [0.4, 0.5) is 20.2 Å². The van der Waals surface area contributed by atoms with Crippen LogP contribution < -0.4 is 5.32 Å². The predicted octanol–water partition coefficient (Wildman–Crippen LogP) is 5.87. The third-order valence-electron chi connectivity index (χ3n) is 7.79. The number of nitrogens with one attached hydrogen (secondary N) is 1. The lowest BCUT2D eigenvalue weighted by Crippen LogP contribution is -2.38. The van der Waals surface area contributed by atoms with Crippen molar-refractivity contribution in [2.24, 2.45) is 0 Å². The topological polar surface area (TPSA) is 92.6 Å².